The molecule has 1 unspecified atom stereocenters. The average molecular weight is 273 g/mol. The molecule has 2 N–H and O–H groups in total. The third-order valence-corrected chi connectivity index (χ3v) is 3.75. The molecule has 0 aromatic heterocycles. The molecule has 0 heterocycles. The van der Waals surface area contributed by atoms with E-state index in [4.69, 9.17) is 5.73 Å². The molecule has 3 aromatic carbocycles. The van der Waals surface area contributed by atoms with Crippen LogP contribution >= 0.6 is 0 Å². The minimum absolute atomic E-state index is 0.0584. The molecule has 3 aromatic rings. The highest BCUT2D eigenvalue weighted by molar-refractivity contribution is 5.34. The Morgan fingerprint density at radius 1 is 0.571 bits per heavy atom. The van der Waals surface area contributed by atoms with Crippen LogP contribution < -0.4 is 5.73 Å². The smallest absolute Gasteiger partial charge is 0.0551 e. The zero-order chi connectivity index (χ0) is 14.5. The quantitative estimate of drug-likeness (QED) is 0.752. The van der Waals surface area contributed by atoms with Crippen LogP contribution in [0.1, 0.15) is 28.3 Å². The third-order valence-electron chi connectivity index (χ3n) is 3.75. The van der Waals surface area contributed by atoms with Crippen LogP contribution in [0, 0.1) is 0 Å². The van der Waals surface area contributed by atoms with Crippen LogP contribution in [0.5, 0.6) is 0 Å². The fraction of sp³-hybridized carbons (Fsp3) is 0.100. The van der Waals surface area contributed by atoms with Crippen LogP contribution in [0.15, 0.2) is 84.9 Å². The molecule has 1 atom stereocenters. The summed E-state index contributed by atoms with van der Waals surface area (Å²) in [4.78, 5) is 0. The summed E-state index contributed by atoms with van der Waals surface area (Å²) in [6, 6.07) is 29.3. The fourth-order valence-electron chi connectivity index (χ4n) is 2.53. The first-order valence-corrected chi connectivity index (χ1v) is 7.26. The van der Waals surface area contributed by atoms with Gasteiger partial charge in [-0.3, -0.25) is 0 Å². The van der Waals surface area contributed by atoms with Crippen LogP contribution in [0.25, 0.3) is 0 Å². The Morgan fingerprint density at radius 2 is 1.05 bits per heavy atom. The minimum atomic E-state index is -0.0584. The van der Waals surface area contributed by atoms with Crippen molar-refractivity contribution in [2.45, 2.75) is 12.5 Å². The van der Waals surface area contributed by atoms with Crippen molar-refractivity contribution in [2.24, 2.45) is 5.73 Å². The second-order valence-electron chi connectivity index (χ2n) is 5.29. The van der Waals surface area contributed by atoms with Gasteiger partial charge in [0.05, 0.1) is 6.04 Å². The zero-order valence-corrected chi connectivity index (χ0v) is 11.9. The first-order chi connectivity index (χ1) is 10.3. The average Bonchev–Trinajstić information content (AvgIpc) is 2.57. The van der Waals surface area contributed by atoms with Gasteiger partial charge in [0.1, 0.15) is 0 Å². The zero-order valence-electron chi connectivity index (χ0n) is 11.9. The largest absolute Gasteiger partial charge is 0.320 e. The third kappa shape index (κ3) is 3.39. The van der Waals surface area contributed by atoms with Crippen LogP contribution in [-0.4, -0.2) is 0 Å². The highest BCUT2D eigenvalue weighted by Crippen LogP contribution is 2.20. The summed E-state index contributed by atoms with van der Waals surface area (Å²) < 4.78 is 0. The van der Waals surface area contributed by atoms with Gasteiger partial charge in [-0.2, -0.15) is 0 Å². The Hall–Kier alpha value is -2.38. The Bertz CT molecular complexity index is 672. The summed E-state index contributed by atoms with van der Waals surface area (Å²) in [6.07, 6.45) is 0.960. The second-order valence-corrected chi connectivity index (χ2v) is 5.29. The van der Waals surface area contributed by atoms with E-state index in [2.05, 4.69) is 60.7 Å². The van der Waals surface area contributed by atoms with Gasteiger partial charge in [0.15, 0.2) is 0 Å². The van der Waals surface area contributed by atoms with Crippen molar-refractivity contribution in [3.63, 3.8) is 0 Å². The first kappa shape index (κ1) is 13.6. The molecule has 0 radical (unpaired) electrons. The topological polar surface area (TPSA) is 26.0 Å². The van der Waals surface area contributed by atoms with Gasteiger partial charge in [-0.05, 0) is 28.7 Å². The highest BCUT2D eigenvalue weighted by atomic mass is 14.6. The molecule has 0 saturated carbocycles. The molecule has 21 heavy (non-hydrogen) atoms. The maximum Gasteiger partial charge on any atom is 0.0551 e. The van der Waals surface area contributed by atoms with Crippen molar-refractivity contribution in [3.05, 3.63) is 107 Å². The molecule has 0 aliphatic carbocycles. The van der Waals surface area contributed by atoms with E-state index < -0.39 is 0 Å². The summed E-state index contributed by atoms with van der Waals surface area (Å²) in [6.45, 7) is 0. The summed E-state index contributed by atoms with van der Waals surface area (Å²) in [5, 5.41) is 0. The number of nitrogens with two attached hydrogens (primary N) is 1. The molecule has 0 aliphatic heterocycles. The van der Waals surface area contributed by atoms with E-state index in [0.717, 1.165) is 17.5 Å². The SMILES string of the molecule is NC(c1ccccc1)c1ccc(Cc2ccccc2)cc1. The second kappa shape index (κ2) is 6.38. The van der Waals surface area contributed by atoms with Gasteiger partial charge in [-0.25, -0.2) is 0 Å². The standard InChI is InChI=1S/C20H19N/c21-20(18-9-5-2-6-10-18)19-13-11-17(12-14-19)15-16-7-3-1-4-8-16/h1-14,20H,15,21H2. The van der Waals surface area contributed by atoms with Gasteiger partial charge in [0, 0.05) is 0 Å². The van der Waals surface area contributed by atoms with E-state index in [0.29, 0.717) is 0 Å². The molecule has 0 amide bonds. The monoisotopic (exact) mass is 273 g/mol. The molecule has 0 aliphatic rings. The maximum atomic E-state index is 6.32. The molecule has 0 bridgehead atoms. The maximum absolute atomic E-state index is 6.32. The predicted molar refractivity (Wildman–Crippen MR) is 88.2 cm³/mol. The summed E-state index contributed by atoms with van der Waals surface area (Å²) in [7, 11) is 0. The van der Waals surface area contributed by atoms with E-state index in [-0.39, 0.29) is 6.04 Å². The number of rotatable bonds is 4. The van der Waals surface area contributed by atoms with Gasteiger partial charge in [0.2, 0.25) is 0 Å². The minimum Gasteiger partial charge on any atom is -0.320 e. The summed E-state index contributed by atoms with van der Waals surface area (Å²) in [5.41, 5.74) is 11.3. The van der Waals surface area contributed by atoms with Gasteiger partial charge >= 0.3 is 0 Å². The van der Waals surface area contributed by atoms with Crippen LogP contribution in [0.3, 0.4) is 0 Å². The first-order valence-electron chi connectivity index (χ1n) is 7.26. The van der Waals surface area contributed by atoms with Gasteiger partial charge in [-0.15, -0.1) is 0 Å². The van der Waals surface area contributed by atoms with Crippen LogP contribution in [0.4, 0.5) is 0 Å². The van der Waals surface area contributed by atoms with Crippen molar-refractivity contribution in [3.8, 4) is 0 Å². The van der Waals surface area contributed by atoms with Crippen LogP contribution in [-0.2, 0) is 6.42 Å². The van der Waals surface area contributed by atoms with E-state index in [1.165, 1.54) is 11.1 Å². The van der Waals surface area contributed by atoms with Crippen molar-refractivity contribution in [1.82, 2.24) is 0 Å². The molecule has 104 valence electrons. The molecule has 0 saturated heterocycles. The number of hydrogen-bond acceptors (Lipinski definition) is 1. The predicted octanol–water partition coefficient (Wildman–Crippen LogP) is 4.33. The van der Waals surface area contributed by atoms with Crippen molar-refractivity contribution < 1.29 is 0 Å². The normalized spacial score (nSPS) is 12.0. The Morgan fingerprint density at radius 3 is 1.67 bits per heavy atom. The van der Waals surface area contributed by atoms with Gasteiger partial charge in [0.25, 0.3) is 0 Å². The van der Waals surface area contributed by atoms with E-state index in [1.807, 2.05) is 24.3 Å². The number of benzene rings is 3. The molecular weight excluding hydrogens is 254 g/mol. The molecule has 1 heteroatoms. The van der Waals surface area contributed by atoms with Crippen molar-refractivity contribution in [2.75, 3.05) is 0 Å². The van der Waals surface area contributed by atoms with Gasteiger partial charge < -0.3 is 5.73 Å². The Balaban J connectivity index is 1.75. The van der Waals surface area contributed by atoms with Crippen LogP contribution in [0.2, 0.25) is 0 Å². The lowest BCUT2D eigenvalue weighted by Crippen LogP contribution is -2.11. The lowest BCUT2D eigenvalue weighted by Gasteiger charge is -2.13. The summed E-state index contributed by atoms with van der Waals surface area (Å²) in [5.74, 6) is 0. The van der Waals surface area contributed by atoms with Crippen molar-refractivity contribution in [1.29, 1.82) is 0 Å². The molecule has 3 rings (SSSR count). The molecule has 0 fully saturated rings. The van der Waals surface area contributed by atoms with E-state index in [9.17, 15) is 0 Å². The summed E-state index contributed by atoms with van der Waals surface area (Å²) >= 11 is 0. The number of hydrogen-bond donors (Lipinski definition) is 1. The van der Waals surface area contributed by atoms with E-state index in [1.54, 1.807) is 0 Å². The lowest BCUT2D eigenvalue weighted by molar-refractivity contribution is 0.870. The highest BCUT2D eigenvalue weighted by Gasteiger charge is 2.08. The lowest BCUT2D eigenvalue weighted by atomic mass is 9.97. The molecular formula is C20H19N. The Labute approximate surface area is 126 Å². The molecule has 0 spiro atoms. The van der Waals surface area contributed by atoms with Gasteiger partial charge in [-0.1, -0.05) is 84.9 Å². The molecule has 1 nitrogen and oxygen atoms in total. The van der Waals surface area contributed by atoms with E-state index >= 15 is 0 Å². The Kier molecular flexibility index (Phi) is 4.13. The fourth-order valence-corrected chi connectivity index (χ4v) is 2.53. The van der Waals surface area contributed by atoms with Crippen molar-refractivity contribution >= 4 is 0 Å².